The van der Waals surface area contributed by atoms with Crippen molar-refractivity contribution in [3.8, 4) is 0 Å². The van der Waals surface area contributed by atoms with Crippen LogP contribution in [0.4, 0.5) is 15.8 Å². The summed E-state index contributed by atoms with van der Waals surface area (Å²) >= 11 is 0. The lowest BCUT2D eigenvalue weighted by Gasteiger charge is -2.06. The predicted octanol–water partition coefficient (Wildman–Crippen LogP) is 3.02. The molecule has 2 rings (SSSR count). The molecule has 0 atom stereocenters. The van der Waals surface area contributed by atoms with E-state index < -0.39 is 0 Å². The summed E-state index contributed by atoms with van der Waals surface area (Å²) in [6.45, 7) is 0.700. The van der Waals surface area contributed by atoms with E-state index in [0.717, 1.165) is 16.9 Å². The molecule has 0 unspecified atom stereocenters. The van der Waals surface area contributed by atoms with Gasteiger partial charge in [0.1, 0.15) is 5.82 Å². The first-order valence-electron chi connectivity index (χ1n) is 5.08. The number of halogens is 1. The minimum atomic E-state index is -0.224. The lowest BCUT2D eigenvalue weighted by molar-refractivity contribution is 0.628. The Morgan fingerprint density at radius 3 is 2.19 bits per heavy atom. The van der Waals surface area contributed by atoms with Gasteiger partial charge in [0.25, 0.3) is 0 Å². The standard InChI is InChI=1S/C13H13FN2/c14-11-3-7-13(8-4-11)16-9-10-1-5-12(15)6-2-10/h1-8,16H,9,15H2. The van der Waals surface area contributed by atoms with E-state index in [1.165, 1.54) is 12.1 Å². The van der Waals surface area contributed by atoms with Gasteiger partial charge in [-0.2, -0.15) is 0 Å². The van der Waals surface area contributed by atoms with Crippen molar-refractivity contribution >= 4 is 11.4 Å². The summed E-state index contributed by atoms with van der Waals surface area (Å²) in [7, 11) is 0. The second-order valence-electron chi connectivity index (χ2n) is 3.60. The first kappa shape index (κ1) is 10.5. The van der Waals surface area contributed by atoms with Crippen LogP contribution in [0.2, 0.25) is 0 Å². The fourth-order valence-corrected chi connectivity index (χ4v) is 1.41. The molecule has 0 radical (unpaired) electrons. The fraction of sp³-hybridized carbons (Fsp3) is 0.0769. The second-order valence-corrected chi connectivity index (χ2v) is 3.60. The van der Waals surface area contributed by atoms with E-state index >= 15 is 0 Å². The van der Waals surface area contributed by atoms with Crippen LogP contribution < -0.4 is 11.1 Å². The number of hydrogen-bond acceptors (Lipinski definition) is 2. The highest BCUT2D eigenvalue weighted by molar-refractivity contribution is 5.45. The van der Waals surface area contributed by atoms with Crippen molar-refractivity contribution in [1.82, 2.24) is 0 Å². The summed E-state index contributed by atoms with van der Waals surface area (Å²) in [5.41, 5.74) is 8.38. The van der Waals surface area contributed by atoms with Crippen LogP contribution in [0.5, 0.6) is 0 Å². The van der Waals surface area contributed by atoms with Gasteiger partial charge in [-0.15, -0.1) is 0 Å². The topological polar surface area (TPSA) is 38.0 Å². The Hall–Kier alpha value is -2.03. The Balaban J connectivity index is 1.97. The summed E-state index contributed by atoms with van der Waals surface area (Å²) in [4.78, 5) is 0. The van der Waals surface area contributed by atoms with E-state index in [0.29, 0.717) is 6.54 Å². The van der Waals surface area contributed by atoms with Crippen LogP contribution >= 0.6 is 0 Å². The van der Waals surface area contributed by atoms with Gasteiger partial charge in [-0.05, 0) is 42.0 Å². The SMILES string of the molecule is Nc1ccc(CNc2ccc(F)cc2)cc1. The minimum Gasteiger partial charge on any atom is -0.399 e. The molecule has 0 bridgehead atoms. The number of nitrogen functional groups attached to an aromatic ring is 1. The molecule has 3 heteroatoms. The number of nitrogens with two attached hydrogens (primary N) is 1. The third-order valence-corrected chi connectivity index (χ3v) is 2.32. The number of hydrogen-bond donors (Lipinski definition) is 2. The number of anilines is 2. The van der Waals surface area contributed by atoms with Crippen molar-refractivity contribution in [2.24, 2.45) is 0 Å². The third kappa shape index (κ3) is 2.73. The van der Waals surface area contributed by atoms with Crippen molar-refractivity contribution in [3.05, 3.63) is 59.9 Å². The lowest BCUT2D eigenvalue weighted by atomic mass is 10.2. The van der Waals surface area contributed by atoms with E-state index in [2.05, 4.69) is 5.32 Å². The van der Waals surface area contributed by atoms with E-state index in [4.69, 9.17) is 5.73 Å². The molecule has 0 saturated carbocycles. The molecule has 0 heterocycles. The quantitative estimate of drug-likeness (QED) is 0.774. The molecule has 3 N–H and O–H groups in total. The molecule has 2 aromatic carbocycles. The molecule has 0 spiro atoms. The minimum absolute atomic E-state index is 0.224. The summed E-state index contributed by atoms with van der Waals surface area (Å²) < 4.78 is 12.7. The van der Waals surface area contributed by atoms with Crippen LogP contribution in [0, 0.1) is 5.82 Å². The van der Waals surface area contributed by atoms with Crippen molar-refractivity contribution in [2.75, 3.05) is 11.1 Å². The Morgan fingerprint density at radius 1 is 0.938 bits per heavy atom. The molecule has 0 aliphatic rings. The van der Waals surface area contributed by atoms with Gasteiger partial charge >= 0.3 is 0 Å². The van der Waals surface area contributed by atoms with Gasteiger partial charge in [-0.25, -0.2) is 4.39 Å². The van der Waals surface area contributed by atoms with Crippen LogP contribution in [0.1, 0.15) is 5.56 Å². The highest BCUT2D eigenvalue weighted by atomic mass is 19.1. The number of nitrogens with one attached hydrogen (secondary N) is 1. The highest BCUT2D eigenvalue weighted by Crippen LogP contribution is 2.11. The van der Waals surface area contributed by atoms with Crippen LogP contribution in [0.3, 0.4) is 0 Å². The maximum absolute atomic E-state index is 12.7. The van der Waals surface area contributed by atoms with Gasteiger partial charge in [0.2, 0.25) is 0 Å². The first-order chi connectivity index (χ1) is 7.74. The Bertz CT molecular complexity index is 403. The predicted molar refractivity (Wildman–Crippen MR) is 64.6 cm³/mol. The van der Waals surface area contributed by atoms with Gasteiger partial charge in [0, 0.05) is 17.9 Å². The smallest absolute Gasteiger partial charge is 0.123 e. The molecule has 16 heavy (non-hydrogen) atoms. The summed E-state index contributed by atoms with van der Waals surface area (Å²) in [6.07, 6.45) is 0. The third-order valence-electron chi connectivity index (χ3n) is 2.32. The largest absolute Gasteiger partial charge is 0.399 e. The monoisotopic (exact) mass is 216 g/mol. The maximum Gasteiger partial charge on any atom is 0.123 e. The molecule has 0 amide bonds. The average Bonchev–Trinajstić information content (AvgIpc) is 2.30. The Morgan fingerprint density at radius 2 is 1.56 bits per heavy atom. The zero-order chi connectivity index (χ0) is 11.4. The molecule has 0 saturated heterocycles. The molecular formula is C13H13FN2. The molecule has 2 aromatic rings. The molecule has 0 fully saturated rings. The highest BCUT2D eigenvalue weighted by Gasteiger charge is 1.94. The van der Waals surface area contributed by atoms with Crippen molar-refractivity contribution in [1.29, 1.82) is 0 Å². The van der Waals surface area contributed by atoms with E-state index in [1.54, 1.807) is 12.1 Å². The zero-order valence-corrected chi connectivity index (χ0v) is 8.78. The fourth-order valence-electron chi connectivity index (χ4n) is 1.41. The molecular weight excluding hydrogens is 203 g/mol. The summed E-state index contributed by atoms with van der Waals surface area (Å²) in [5, 5.41) is 3.20. The Labute approximate surface area is 93.9 Å². The summed E-state index contributed by atoms with van der Waals surface area (Å²) in [6, 6.07) is 14.0. The van der Waals surface area contributed by atoms with Gasteiger partial charge in [0.05, 0.1) is 0 Å². The number of benzene rings is 2. The van der Waals surface area contributed by atoms with Crippen LogP contribution in [-0.2, 0) is 6.54 Å². The van der Waals surface area contributed by atoms with Crippen LogP contribution in [-0.4, -0.2) is 0 Å². The Kier molecular flexibility index (Phi) is 3.05. The van der Waals surface area contributed by atoms with Gasteiger partial charge < -0.3 is 11.1 Å². The molecule has 0 aromatic heterocycles. The van der Waals surface area contributed by atoms with Crippen LogP contribution in [0.25, 0.3) is 0 Å². The zero-order valence-electron chi connectivity index (χ0n) is 8.78. The van der Waals surface area contributed by atoms with Gasteiger partial charge in [-0.1, -0.05) is 12.1 Å². The normalized spacial score (nSPS) is 10.1. The molecule has 2 nitrogen and oxygen atoms in total. The molecule has 82 valence electrons. The van der Waals surface area contributed by atoms with Crippen molar-refractivity contribution < 1.29 is 4.39 Å². The lowest BCUT2D eigenvalue weighted by Crippen LogP contribution is -1.99. The molecule has 0 aliphatic heterocycles. The van der Waals surface area contributed by atoms with E-state index in [9.17, 15) is 4.39 Å². The first-order valence-corrected chi connectivity index (χ1v) is 5.08. The second kappa shape index (κ2) is 4.66. The van der Waals surface area contributed by atoms with Crippen LogP contribution in [0.15, 0.2) is 48.5 Å². The maximum atomic E-state index is 12.7. The number of rotatable bonds is 3. The van der Waals surface area contributed by atoms with Gasteiger partial charge in [-0.3, -0.25) is 0 Å². The average molecular weight is 216 g/mol. The molecule has 0 aliphatic carbocycles. The van der Waals surface area contributed by atoms with E-state index in [1.807, 2.05) is 24.3 Å². The van der Waals surface area contributed by atoms with Crippen molar-refractivity contribution in [3.63, 3.8) is 0 Å². The summed E-state index contributed by atoms with van der Waals surface area (Å²) in [5.74, 6) is -0.224. The van der Waals surface area contributed by atoms with E-state index in [-0.39, 0.29) is 5.82 Å². The van der Waals surface area contributed by atoms with Gasteiger partial charge in [0.15, 0.2) is 0 Å². The van der Waals surface area contributed by atoms with Crippen molar-refractivity contribution in [2.45, 2.75) is 6.54 Å².